The lowest BCUT2D eigenvalue weighted by Crippen LogP contribution is -2.44. The van der Waals surface area contributed by atoms with Crippen molar-refractivity contribution in [1.29, 1.82) is 0 Å². The van der Waals surface area contributed by atoms with Gasteiger partial charge in [0.05, 0.1) is 25.3 Å². The van der Waals surface area contributed by atoms with E-state index in [9.17, 15) is 9.90 Å². The van der Waals surface area contributed by atoms with Gasteiger partial charge in [-0.1, -0.05) is 24.3 Å². The van der Waals surface area contributed by atoms with E-state index in [0.717, 1.165) is 38.0 Å². The van der Waals surface area contributed by atoms with E-state index >= 15 is 0 Å². The number of nitrogens with one attached hydrogen (secondary N) is 2. The quantitative estimate of drug-likeness (QED) is 0.349. The molecule has 1 amide bonds. The summed E-state index contributed by atoms with van der Waals surface area (Å²) in [5, 5.41) is 17.1. The number of aliphatic hydroxyl groups is 1. The Hall–Kier alpha value is -2.84. The number of hydrogen-bond donors (Lipinski definition) is 4. The van der Waals surface area contributed by atoms with Gasteiger partial charge in [0.1, 0.15) is 11.4 Å². The molecule has 2 unspecified atom stereocenters. The molecule has 174 valence electrons. The monoisotopic (exact) mass is 441 g/mol. The van der Waals surface area contributed by atoms with Crippen molar-refractivity contribution in [2.75, 3.05) is 26.2 Å². The van der Waals surface area contributed by atoms with E-state index in [2.05, 4.69) is 38.7 Å². The second-order valence-corrected chi connectivity index (χ2v) is 8.60. The second-order valence-electron chi connectivity index (χ2n) is 8.60. The number of likely N-dealkylation sites (tertiary alicyclic amines) is 1. The summed E-state index contributed by atoms with van der Waals surface area (Å²) in [5.41, 5.74) is 6.66. The molecule has 5 N–H and O–H groups in total. The fourth-order valence-corrected chi connectivity index (χ4v) is 3.96. The maximum atomic E-state index is 11.5. The third-order valence-electron chi connectivity index (χ3n) is 5.72. The lowest BCUT2D eigenvalue weighted by Gasteiger charge is -2.31. The van der Waals surface area contributed by atoms with Crippen molar-refractivity contribution in [3.63, 3.8) is 0 Å². The third-order valence-corrected chi connectivity index (χ3v) is 5.72. The Morgan fingerprint density at radius 3 is 2.84 bits per heavy atom. The number of piperidine rings is 1. The first-order valence-corrected chi connectivity index (χ1v) is 11.3. The van der Waals surface area contributed by atoms with Crippen LogP contribution < -0.4 is 16.4 Å². The average molecular weight is 442 g/mol. The summed E-state index contributed by atoms with van der Waals surface area (Å²) in [4.78, 5) is 18.5. The summed E-state index contributed by atoms with van der Waals surface area (Å²) in [5.74, 6) is 0.880. The number of hydrogen-bond acceptors (Lipinski definition) is 5. The molecule has 2 aromatic rings. The molecule has 1 aromatic heterocycles. The van der Waals surface area contributed by atoms with Gasteiger partial charge in [0, 0.05) is 19.6 Å². The van der Waals surface area contributed by atoms with Gasteiger partial charge < -0.3 is 25.9 Å². The van der Waals surface area contributed by atoms with Crippen LogP contribution in [0.3, 0.4) is 0 Å². The molecule has 1 saturated heterocycles. The zero-order chi connectivity index (χ0) is 23.0. The van der Waals surface area contributed by atoms with Crippen molar-refractivity contribution in [2.45, 2.75) is 45.4 Å². The summed E-state index contributed by atoms with van der Waals surface area (Å²) in [6.45, 7) is 7.70. The standard InChI is InChI=1S/C24H35N5O3/c1-3-26-23(28-17-24(2,31)21-10-6-12-32-21)27-14-18-7-4-8-19(13-18)15-29-11-5-9-20(16-29)22(25)30/h4,6-8,10,12-13,20,31H,3,5,9,11,14-17H2,1-2H3,(H2,25,30)(H2,26,27,28). The lowest BCUT2D eigenvalue weighted by molar-refractivity contribution is -0.123. The summed E-state index contributed by atoms with van der Waals surface area (Å²) in [7, 11) is 0. The molecule has 32 heavy (non-hydrogen) atoms. The van der Waals surface area contributed by atoms with Gasteiger partial charge in [-0.2, -0.15) is 0 Å². The Morgan fingerprint density at radius 1 is 1.31 bits per heavy atom. The van der Waals surface area contributed by atoms with Crippen molar-refractivity contribution in [3.05, 3.63) is 59.5 Å². The normalized spacial score (nSPS) is 19.3. The fourth-order valence-electron chi connectivity index (χ4n) is 3.96. The molecule has 0 spiro atoms. The van der Waals surface area contributed by atoms with Gasteiger partial charge in [0.2, 0.25) is 5.91 Å². The highest BCUT2D eigenvalue weighted by Crippen LogP contribution is 2.20. The molecule has 3 rings (SSSR count). The first-order chi connectivity index (χ1) is 15.4. The molecule has 2 heterocycles. The Kier molecular flexibility index (Phi) is 8.30. The number of nitrogens with zero attached hydrogens (tertiary/aromatic N) is 2. The number of nitrogens with two attached hydrogens (primary N) is 1. The van der Waals surface area contributed by atoms with Crippen LogP contribution in [0.2, 0.25) is 0 Å². The van der Waals surface area contributed by atoms with Crippen LogP contribution in [0.1, 0.15) is 43.6 Å². The van der Waals surface area contributed by atoms with Gasteiger partial charge >= 0.3 is 0 Å². The predicted octanol–water partition coefficient (Wildman–Crippen LogP) is 1.94. The van der Waals surface area contributed by atoms with Crippen LogP contribution in [-0.2, 0) is 23.5 Å². The molecular weight excluding hydrogens is 406 g/mol. The van der Waals surface area contributed by atoms with E-state index in [4.69, 9.17) is 10.2 Å². The van der Waals surface area contributed by atoms with E-state index in [1.54, 1.807) is 25.3 Å². The molecule has 8 heteroatoms. The maximum absolute atomic E-state index is 11.5. The number of carbonyl (C=O) groups is 1. The number of rotatable bonds is 9. The van der Waals surface area contributed by atoms with Crippen molar-refractivity contribution in [2.24, 2.45) is 16.6 Å². The van der Waals surface area contributed by atoms with Crippen molar-refractivity contribution in [3.8, 4) is 0 Å². The Bertz CT molecular complexity index is 895. The van der Waals surface area contributed by atoms with E-state index in [-0.39, 0.29) is 18.4 Å². The van der Waals surface area contributed by atoms with E-state index in [1.165, 1.54) is 5.56 Å². The summed E-state index contributed by atoms with van der Waals surface area (Å²) in [6, 6.07) is 11.9. The zero-order valence-electron chi connectivity index (χ0n) is 19.0. The molecule has 0 radical (unpaired) electrons. The highest BCUT2D eigenvalue weighted by atomic mass is 16.4. The van der Waals surface area contributed by atoms with Gasteiger partial charge in [0.25, 0.3) is 0 Å². The number of carbonyl (C=O) groups excluding carboxylic acids is 1. The Balaban J connectivity index is 1.59. The van der Waals surface area contributed by atoms with Crippen LogP contribution in [0.15, 0.2) is 52.1 Å². The van der Waals surface area contributed by atoms with Gasteiger partial charge in [0.15, 0.2) is 5.96 Å². The molecular formula is C24H35N5O3. The number of benzene rings is 1. The minimum atomic E-state index is -1.14. The van der Waals surface area contributed by atoms with Crippen LogP contribution in [0, 0.1) is 5.92 Å². The molecule has 1 aliphatic heterocycles. The summed E-state index contributed by atoms with van der Waals surface area (Å²) in [6.07, 6.45) is 3.43. The number of primary amides is 1. The van der Waals surface area contributed by atoms with E-state index in [0.29, 0.717) is 24.8 Å². The average Bonchev–Trinajstić information content (AvgIpc) is 3.32. The SMILES string of the molecule is CCNC(=NCc1cccc(CN2CCCC(C(N)=O)C2)c1)NCC(C)(O)c1ccco1. The number of aliphatic imine (C=N–C) groups is 1. The molecule has 1 fully saturated rings. The van der Waals surface area contributed by atoms with Gasteiger partial charge in [-0.05, 0) is 56.5 Å². The van der Waals surface area contributed by atoms with Crippen LogP contribution in [0.5, 0.6) is 0 Å². The van der Waals surface area contributed by atoms with Crippen LogP contribution in [-0.4, -0.2) is 48.1 Å². The molecule has 1 aliphatic rings. The van der Waals surface area contributed by atoms with E-state index in [1.807, 2.05) is 13.0 Å². The summed E-state index contributed by atoms with van der Waals surface area (Å²) >= 11 is 0. The largest absolute Gasteiger partial charge is 0.466 e. The highest BCUT2D eigenvalue weighted by molar-refractivity contribution is 5.79. The van der Waals surface area contributed by atoms with Crippen molar-refractivity contribution in [1.82, 2.24) is 15.5 Å². The highest BCUT2D eigenvalue weighted by Gasteiger charge is 2.26. The molecule has 0 aliphatic carbocycles. The first-order valence-electron chi connectivity index (χ1n) is 11.3. The lowest BCUT2D eigenvalue weighted by atomic mass is 9.97. The molecule has 1 aromatic carbocycles. The minimum absolute atomic E-state index is 0.0522. The van der Waals surface area contributed by atoms with Gasteiger partial charge in [-0.3, -0.25) is 9.69 Å². The van der Waals surface area contributed by atoms with Gasteiger partial charge in [-0.15, -0.1) is 0 Å². The molecule has 0 bridgehead atoms. The van der Waals surface area contributed by atoms with Crippen LogP contribution >= 0.6 is 0 Å². The number of furan rings is 1. The minimum Gasteiger partial charge on any atom is -0.466 e. The third kappa shape index (κ3) is 6.83. The Labute approximate surface area is 189 Å². The van der Waals surface area contributed by atoms with Crippen LogP contribution in [0.4, 0.5) is 0 Å². The van der Waals surface area contributed by atoms with E-state index < -0.39 is 5.60 Å². The fraction of sp³-hybridized carbons (Fsp3) is 0.500. The van der Waals surface area contributed by atoms with Gasteiger partial charge in [-0.25, -0.2) is 4.99 Å². The molecule has 8 nitrogen and oxygen atoms in total. The summed E-state index contributed by atoms with van der Waals surface area (Å²) < 4.78 is 5.34. The topological polar surface area (TPSA) is 116 Å². The maximum Gasteiger partial charge on any atom is 0.221 e. The predicted molar refractivity (Wildman–Crippen MR) is 125 cm³/mol. The van der Waals surface area contributed by atoms with Crippen molar-refractivity contribution >= 4 is 11.9 Å². The molecule has 0 saturated carbocycles. The first kappa shape index (κ1) is 23.8. The second kappa shape index (κ2) is 11.2. The van der Waals surface area contributed by atoms with Crippen molar-refractivity contribution < 1.29 is 14.3 Å². The number of guanidine groups is 1. The smallest absolute Gasteiger partial charge is 0.221 e. The number of amides is 1. The Morgan fingerprint density at radius 2 is 2.12 bits per heavy atom. The van der Waals surface area contributed by atoms with Crippen LogP contribution in [0.25, 0.3) is 0 Å². The zero-order valence-corrected chi connectivity index (χ0v) is 19.0. The molecule has 2 atom stereocenters.